The lowest BCUT2D eigenvalue weighted by molar-refractivity contribution is 0.415. The van der Waals surface area contributed by atoms with E-state index in [1.54, 1.807) is 0 Å². The molecular formula is C14H23N3. The van der Waals surface area contributed by atoms with Gasteiger partial charge < -0.3 is 4.57 Å². The molecule has 0 aromatic carbocycles. The third kappa shape index (κ3) is 4.60. The molecule has 0 bridgehead atoms. The monoisotopic (exact) mass is 233 g/mol. The molecule has 0 aliphatic heterocycles. The zero-order chi connectivity index (χ0) is 12.7. The number of hydrogen-bond donors (Lipinski definition) is 0. The number of rotatable bonds is 7. The van der Waals surface area contributed by atoms with Gasteiger partial charge in [-0.25, -0.2) is 4.98 Å². The van der Waals surface area contributed by atoms with Gasteiger partial charge in [0.25, 0.3) is 0 Å². The zero-order valence-electron chi connectivity index (χ0n) is 11.2. The summed E-state index contributed by atoms with van der Waals surface area (Å²) in [5.41, 5.74) is -0.179. The van der Waals surface area contributed by atoms with E-state index in [9.17, 15) is 0 Å². The van der Waals surface area contributed by atoms with E-state index in [1.807, 2.05) is 20.0 Å². The Labute approximate surface area is 104 Å². The number of nitrogens with zero attached hydrogens (tertiary/aromatic N) is 3. The third-order valence-electron chi connectivity index (χ3n) is 3.03. The fraction of sp³-hybridized carbons (Fsp3) is 0.714. The van der Waals surface area contributed by atoms with Crippen molar-refractivity contribution in [2.24, 2.45) is 5.41 Å². The first-order valence-electron chi connectivity index (χ1n) is 6.50. The van der Waals surface area contributed by atoms with Crippen LogP contribution in [0.5, 0.6) is 0 Å². The minimum atomic E-state index is -0.179. The van der Waals surface area contributed by atoms with Crippen LogP contribution in [0, 0.1) is 16.7 Å². The van der Waals surface area contributed by atoms with Gasteiger partial charge in [0.2, 0.25) is 0 Å². The molecule has 0 radical (unpaired) electrons. The Kier molecular flexibility index (Phi) is 5.21. The van der Waals surface area contributed by atoms with Crippen LogP contribution in [0.25, 0.3) is 0 Å². The summed E-state index contributed by atoms with van der Waals surface area (Å²) < 4.78 is 2.24. The number of aryl methyl sites for hydroxylation is 2. The average molecular weight is 233 g/mol. The minimum Gasteiger partial charge on any atom is -0.335 e. The van der Waals surface area contributed by atoms with Crippen LogP contribution in [0.1, 0.15) is 52.3 Å². The smallest absolute Gasteiger partial charge is 0.108 e. The molecule has 0 N–H and O–H groups in total. The van der Waals surface area contributed by atoms with Gasteiger partial charge in [0.15, 0.2) is 0 Å². The molecule has 0 unspecified atom stereocenters. The van der Waals surface area contributed by atoms with Crippen LogP contribution < -0.4 is 0 Å². The molecule has 0 aliphatic carbocycles. The van der Waals surface area contributed by atoms with Crippen molar-refractivity contribution in [3.63, 3.8) is 0 Å². The van der Waals surface area contributed by atoms with Gasteiger partial charge in [0.05, 0.1) is 11.5 Å². The second-order valence-corrected chi connectivity index (χ2v) is 5.24. The summed E-state index contributed by atoms with van der Waals surface area (Å²) in [6.07, 6.45) is 9.32. The molecule has 0 amide bonds. The van der Waals surface area contributed by atoms with E-state index >= 15 is 0 Å². The number of unbranched alkanes of at least 4 members (excludes halogenated alkanes) is 1. The second kappa shape index (κ2) is 6.44. The first-order valence-corrected chi connectivity index (χ1v) is 6.50. The van der Waals surface area contributed by atoms with Gasteiger partial charge in [0.1, 0.15) is 5.82 Å². The average Bonchev–Trinajstić information content (AvgIpc) is 2.73. The molecule has 0 spiro atoms. The Morgan fingerprint density at radius 3 is 2.82 bits per heavy atom. The Morgan fingerprint density at radius 1 is 1.41 bits per heavy atom. The first kappa shape index (κ1) is 13.8. The van der Waals surface area contributed by atoms with Gasteiger partial charge in [0, 0.05) is 25.4 Å². The Bertz CT molecular complexity index is 371. The summed E-state index contributed by atoms with van der Waals surface area (Å²) in [6.45, 7) is 7.21. The van der Waals surface area contributed by atoms with E-state index in [1.165, 1.54) is 5.82 Å². The van der Waals surface area contributed by atoms with E-state index in [-0.39, 0.29) is 5.41 Å². The van der Waals surface area contributed by atoms with Gasteiger partial charge in [-0.3, -0.25) is 0 Å². The Hall–Kier alpha value is -1.30. The van der Waals surface area contributed by atoms with Crippen molar-refractivity contribution in [3.8, 4) is 6.07 Å². The summed E-state index contributed by atoms with van der Waals surface area (Å²) in [5, 5.41) is 8.93. The van der Waals surface area contributed by atoms with Crippen LogP contribution >= 0.6 is 0 Å². The van der Waals surface area contributed by atoms with Gasteiger partial charge >= 0.3 is 0 Å². The van der Waals surface area contributed by atoms with Crippen molar-refractivity contribution in [3.05, 3.63) is 18.2 Å². The standard InChI is InChI=1S/C14H23N3/c1-4-7-13-16-9-11-17(13)10-6-5-8-14(2,3)12-15/h9,11H,4-8,10H2,1-3H3. The molecule has 17 heavy (non-hydrogen) atoms. The lowest BCUT2D eigenvalue weighted by Crippen LogP contribution is -2.08. The summed E-state index contributed by atoms with van der Waals surface area (Å²) in [5.74, 6) is 1.19. The van der Waals surface area contributed by atoms with Crippen LogP contribution in [0.15, 0.2) is 12.4 Å². The number of imidazole rings is 1. The van der Waals surface area contributed by atoms with E-state index < -0.39 is 0 Å². The predicted molar refractivity (Wildman–Crippen MR) is 69.5 cm³/mol. The van der Waals surface area contributed by atoms with Crippen LogP contribution in [0.2, 0.25) is 0 Å². The molecule has 3 nitrogen and oxygen atoms in total. The van der Waals surface area contributed by atoms with E-state index in [4.69, 9.17) is 5.26 Å². The Balaban J connectivity index is 2.31. The molecule has 94 valence electrons. The lowest BCUT2D eigenvalue weighted by Gasteiger charge is -2.14. The summed E-state index contributed by atoms with van der Waals surface area (Å²) >= 11 is 0. The molecule has 0 atom stereocenters. The molecule has 1 heterocycles. The quantitative estimate of drug-likeness (QED) is 0.676. The highest BCUT2D eigenvalue weighted by Gasteiger charge is 2.15. The van der Waals surface area contributed by atoms with E-state index in [0.717, 1.165) is 38.6 Å². The molecule has 3 heteroatoms. The largest absolute Gasteiger partial charge is 0.335 e. The summed E-state index contributed by atoms with van der Waals surface area (Å²) in [6, 6.07) is 2.35. The maximum Gasteiger partial charge on any atom is 0.108 e. The van der Waals surface area contributed by atoms with Gasteiger partial charge in [-0.15, -0.1) is 0 Å². The highest BCUT2D eigenvalue weighted by Crippen LogP contribution is 2.21. The molecule has 1 rings (SSSR count). The van der Waals surface area contributed by atoms with Crippen LogP contribution in [-0.2, 0) is 13.0 Å². The van der Waals surface area contributed by atoms with Crippen molar-refractivity contribution in [1.29, 1.82) is 5.26 Å². The molecule has 0 saturated heterocycles. The highest BCUT2D eigenvalue weighted by molar-refractivity contribution is 4.93. The third-order valence-corrected chi connectivity index (χ3v) is 3.03. The predicted octanol–water partition coefficient (Wildman–Crippen LogP) is 3.56. The van der Waals surface area contributed by atoms with Crippen molar-refractivity contribution >= 4 is 0 Å². The summed E-state index contributed by atoms with van der Waals surface area (Å²) in [7, 11) is 0. The number of aromatic nitrogens is 2. The fourth-order valence-electron chi connectivity index (χ4n) is 1.90. The van der Waals surface area contributed by atoms with Crippen molar-refractivity contribution in [2.45, 2.75) is 59.4 Å². The molecule has 0 saturated carbocycles. The Morgan fingerprint density at radius 2 is 2.18 bits per heavy atom. The fourth-order valence-corrected chi connectivity index (χ4v) is 1.90. The highest BCUT2D eigenvalue weighted by atomic mass is 15.1. The van der Waals surface area contributed by atoms with E-state index in [2.05, 4.69) is 28.7 Å². The molecule has 0 fully saturated rings. The SMILES string of the molecule is CCCc1nccn1CCCCC(C)(C)C#N. The number of nitriles is 1. The normalized spacial score (nSPS) is 11.4. The number of hydrogen-bond acceptors (Lipinski definition) is 2. The van der Waals surface area contributed by atoms with Gasteiger partial charge in [-0.2, -0.15) is 5.26 Å². The topological polar surface area (TPSA) is 41.6 Å². The van der Waals surface area contributed by atoms with Crippen molar-refractivity contribution in [2.75, 3.05) is 0 Å². The first-order chi connectivity index (χ1) is 8.09. The van der Waals surface area contributed by atoms with E-state index in [0.29, 0.717) is 0 Å². The minimum absolute atomic E-state index is 0.179. The van der Waals surface area contributed by atoms with Crippen LogP contribution in [0.4, 0.5) is 0 Å². The van der Waals surface area contributed by atoms with Gasteiger partial charge in [-0.1, -0.05) is 13.3 Å². The molecular weight excluding hydrogens is 210 g/mol. The van der Waals surface area contributed by atoms with Crippen molar-refractivity contribution in [1.82, 2.24) is 9.55 Å². The maximum atomic E-state index is 8.93. The second-order valence-electron chi connectivity index (χ2n) is 5.24. The lowest BCUT2D eigenvalue weighted by atomic mass is 9.89. The summed E-state index contributed by atoms with van der Waals surface area (Å²) in [4.78, 5) is 4.36. The van der Waals surface area contributed by atoms with Crippen LogP contribution in [0.3, 0.4) is 0 Å². The van der Waals surface area contributed by atoms with Gasteiger partial charge in [-0.05, 0) is 33.1 Å². The molecule has 1 aromatic heterocycles. The molecule has 0 aliphatic rings. The van der Waals surface area contributed by atoms with Crippen LogP contribution in [-0.4, -0.2) is 9.55 Å². The molecule has 1 aromatic rings. The maximum absolute atomic E-state index is 8.93. The zero-order valence-corrected chi connectivity index (χ0v) is 11.2. The van der Waals surface area contributed by atoms with Crippen molar-refractivity contribution < 1.29 is 0 Å².